The first kappa shape index (κ1) is 13.0. The fourth-order valence-corrected chi connectivity index (χ4v) is 3.99. The molecule has 0 aromatic rings. The third-order valence-electron chi connectivity index (χ3n) is 2.62. The molecule has 6 heteroatoms. The van der Waals surface area contributed by atoms with Gasteiger partial charge in [0.15, 0.2) is 0 Å². The van der Waals surface area contributed by atoms with E-state index in [-0.39, 0.29) is 5.91 Å². The Hall–Kier alpha value is -0.460. The summed E-state index contributed by atoms with van der Waals surface area (Å²) in [5, 5.41) is 1.21. The van der Waals surface area contributed by atoms with Crippen LogP contribution in [0.25, 0.3) is 0 Å². The molecule has 1 amide bonds. The van der Waals surface area contributed by atoms with Gasteiger partial charge in [-0.15, -0.1) is 11.8 Å². The Bertz CT molecular complexity index is 417. The average Bonchev–Trinajstić information content (AvgIpc) is 2.81. The third kappa shape index (κ3) is 2.69. The molecule has 17 heavy (non-hydrogen) atoms. The van der Waals surface area contributed by atoms with Crippen molar-refractivity contribution >= 4 is 46.0 Å². The highest BCUT2D eigenvalue weighted by Gasteiger charge is 2.30. The summed E-state index contributed by atoms with van der Waals surface area (Å²) in [6.45, 7) is 3.65. The van der Waals surface area contributed by atoms with E-state index in [1.165, 1.54) is 16.8 Å². The minimum absolute atomic E-state index is 0.0324. The number of nitrogens with zero attached hydrogens (tertiary/aromatic N) is 2. The Morgan fingerprint density at radius 2 is 2.24 bits per heavy atom. The van der Waals surface area contributed by atoms with Crippen molar-refractivity contribution in [1.29, 1.82) is 0 Å². The van der Waals surface area contributed by atoms with E-state index in [0.717, 1.165) is 17.2 Å². The fraction of sp³-hybridized carbons (Fsp3) is 0.455. The maximum absolute atomic E-state index is 11.9. The van der Waals surface area contributed by atoms with Crippen LogP contribution in [0.2, 0.25) is 0 Å². The standard InChI is InChI=1S/C11H14N2OS3/c1-3-13-10(14)8(17-11(13)15)4-5-9-12(2)6-7-16-9/h4-5H,3,6-7H2,1-2H3. The van der Waals surface area contributed by atoms with Gasteiger partial charge < -0.3 is 4.90 Å². The molecule has 2 rings (SSSR count). The molecular formula is C11H14N2OS3. The molecule has 2 fully saturated rings. The van der Waals surface area contributed by atoms with Gasteiger partial charge in [-0.05, 0) is 19.1 Å². The van der Waals surface area contributed by atoms with Crippen LogP contribution in [-0.4, -0.2) is 45.9 Å². The summed E-state index contributed by atoms with van der Waals surface area (Å²) in [5.41, 5.74) is 0. The Morgan fingerprint density at radius 3 is 2.76 bits per heavy atom. The number of thiocarbonyl (C=S) groups is 1. The van der Waals surface area contributed by atoms with Crippen molar-refractivity contribution in [3.05, 3.63) is 22.1 Å². The number of thioether (sulfide) groups is 2. The summed E-state index contributed by atoms with van der Waals surface area (Å²) in [5.74, 6) is 1.15. The number of allylic oxidation sites excluding steroid dienone is 2. The van der Waals surface area contributed by atoms with Crippen molar-refractivity contribution < 1.29 is 4.79 Å². The molecule has 0 radical (unpaired) electrons. The van der Waals surface area contributed by atoms with Gasteiger partial charge in [-0.3, -0.25) is 9.69 Å². The Morgan fingerprint density at radius 1 is 1.47 bits per heavy atom. The monoisotopic (exact) mass is 286 g/mol. The lowest BCUT2D eigenvalue weighted by molar-refractivity contribution is -0.122. The molecule has 0 bridgehead atoms. The molecule has 2 aliphatic heterocycles. The topological polar surface area (TPSA) is 23.6 Å². The van der Waals surface area contributed by atoms with Gasteiger partial charge in [0.1, 0.15) is 4.32 Å². The molecule has 0 aliphatic carbocycles. The lowest BCUT2D eigenvalue weighted by atomic mass is 10.4. The highest BCUT2D eigenvalue weighted by molar-refractivity contribution is 8.26. The summed E-state index contributed by atoms with van der Waals surface area (Å²) in [6, 6.07) is 0. The number of amides is 1. The molecule has 92 valence electrons. The van der Waals surface area contributed by atoms with Crippen molar-refractivity contribution in [3.8, 4) is 0 Å². The first-order chi connectivity index (χ1) is 8.13. The highest BCUT2D eigenvalue weighted by Crippen LogP contribution is 2.32. The largest absolute Gasteiger partial charge is 0.369 e. The van der Waals surface area contributed by atoms with Gasteiger partial charge in [0.05, 0.1) is 9.93 Å². The second-order valence-corrected chi connectivity index (χ2v) is 6.51. The molecule has 0 saturated carbocycles. The second-order valence-electron chi connectivity index (χ2n) is 3.72. The molecule has 0 aromatic carbocycles. The van der Waals surface area contributed by atoms with Gasteiger partial charge in [0.25, 0.3) is 5.91 Å². The quantitative estimate of drug-likeness (QED) is 0.572. The summed E-state index contributed by atoms with van der Waals surface area (Å²) in [7, 11) is 2.07. The van der Waals surface area contributed by atoms with Gasteiger partial charge >= 0.3 is 0 Å². The van der Waals surface area contributed by atoms with Crippen LogP contribution in [0.15, 0.2) is 22.1 Å². The molecular weight excluding hydrogens is 272 g/mol. The van der Waals surface area contributed by atoms with Crippen LogP contribution in [0.1, 0.15) is 6.92 Å². The lowest BCUT2D eigenvalue weighted by Gasteiger charge is -2.10. The van der Waals surface area contributed by atoms with E-state index < -0.39 is 0 Å². The van der Waals surface area contributed by atoms with E-state index in [2.05, 4.69) is 11.9 Å². The molecule has 0 atom stereocenters. The summed E-state index contributed by atoms with van der Waals surface area (Å²) in [4.78, 5) is 16.5. The molecule has 0 aromatic heterocycles. The van der Waals surface area contributed by atoms with Crippen LogP contribution in [0.4, 0.5) is 0 Å². The van der Waals surface area contributed by atoms with Crippen molar-refractivity contribution in [1.82, 2.24) is 9.80 Å². The zero-order valence-corrected chi connectivity index (χ0v) is 12.3. The van der Waals surface area contributed by atoms with E-state index in [4.69, 9.17) is 12.2 Å². The van der Waals surface area contributed by atoms with Gasteiger partial charge in [0.2, 0.25) is 0 Å². The average molecular weight is 286 g/mol. The summed E-state index contributed by atoms with van der Waals surface area (Å²) in [6.07, 6.45) is 3.90. The van der Waals surface area contributed by atoms with Crippen LogP contribution < -0.4 is 0 Å². The predicted octanol–water partition coefficient (Wildman–Crippen LogP) is 2.27. The number of hydrogen-bond acceptors (Lipinski definition) is 5. The maximum atomic E-state index is 11.9. The van der Waals surface area contributed by atoms with E-state index >= 15 is 0 Å². The number of carbonyl (C=O) groups is 1. The Balaban J connectivity index is 2.13. The normalized spacial score (nSPS) is 25.8. The molecule has 3 nitrogen and oxygen atoms in total. The summed E-state index contributed by atoms with van der Waals surface area (Å²) < 4.78 is 0.662. The molecule has 0 unspecified atom stereocenters. The minimum atomic E-state index is 0.0324. The van der Waals surface area contributed by atoms with Crippen LogP contribution in [0.3, 0.4) is 0 Å². The van der Waals surface area contributed by atoms with Gasteiger partial charge in [-0.2, -0.15) is 0 Å². The molecule has 0 N–H and O–H groups in total. The van der Waals surface area contributed by atoms with Crippen molar-refractivity contribution in [2.75, 3.05) is 25.9 Å². The first-order valence-electron chi connectivity index (χ1n) is 5.43. The zero-order chi connectivity index (χ0) is 12.4. The van der Waals surface area contributed by atoms with E-state index in [1.54, 1.807) is 4.90 Å². The smallest absolute Gasteiger partial charge is 0.266 e. The van der Waals surface area contributed by atoms with Crippen molar-refractivity contribution in [2.45, 2.75) is 6.92 Å². The number of rotatable bonds is 2. The van der Waals surface area contributed by atoms with E-state index in [1.807, 2.05) is 30.8 Å². The first-order valence-corrected chi connectivity index (χ1v) is 7.64. The van der Waals surface area contributed by atoms with Crippen LogP contribution in [-0.2, 0) is 4.79 Å². The number of carbonyl (C=O) groups excluding carboxylic acids is 1. The minimum Gasteiger partial charge on any atom is -0.369 e. The molecule has 0 spiro atoms. The number of hydrogen-bond donors (Lipinski definition) is 0. The molecule has 2 saturated heterocycles. The van der Waals surface area contributed by atoms with E-state index in [9.17, 15) is 4.79 Å². The second kappa shape index (κ2) is 5.46. The predicted molar refractivity (Wildman–Crippen MR) is 78.8 cm³/mol. The van der Waals surface area contributed by atoms with E-state index in [0.29, 0.717) is 10.9 Å². The maximum Gasteiger partial charge on any atom is 0.266 e. The Labute approximate surface area is 115 Å². The summed E-state index contributed by atoms with van der Waals surface area (Å²) >= 11 is 8.36. The van der Waals surface area contributed by atoms with Gasteiger partial charge in [0, 0.05) is 25.9 Å². The number of likely N-dealkylation sites (N-methyl/N-ethyl adjacent to an activating group) is 1. The zero-order valence-electron chi connectivity index (χ0n) is 9.80. The third-order valence-corrected chi connectivity index (χ3v) is 5.15. The Kier molecular flexibility index (Phi) is 4.17. The van der Waals surface area contributed by atoms with Gasteiger partial charge in [-0.1, -0.05) is 24.0 Å². The fourth-order valence-electron chi connectivity index (χ4n) is 1.62. The molecule has 2 aliphatic rings. The SMILES string of the molecule is CCN1C(=O)C(=CC=C2SCCN2C)SC1=S. The lowest BCUT2D eigenvalue weighted by Crippen LogP contribution is -2.27. The van der Waals surface area contributed by atoms with Crippen molar-refractivity contribution in [3.63, 3.8) is 0 Å². The van der Waals surface area contributed by atoms with Crippen LogP contribution >= 0.6 is 35.7 Å². The highest BCUT2D eigenvalue weighted by atomic mass is 32.2. The van der Waals surface area contributed by atoms with Crippen molar-refractivity contribution in [2.24, 2.45) is 0 Å². The van der Waals surface area contributed by atoms with Crippen LogP contribution in [0, 0.1) is 0 Å². The van der Waals surface area contributed by atoms with Crippen LogP contribution in [0.5, 0.6) is 0 Å². The van der Waals surface area contributed by atoms with Gasteiger partial charge in [-0.25, -0.2) is 0 Å². The molecule has 2 heterocycles.